The van der Waals surface area contributed by atoms with Crippen molar-refractivity contribution in [3.05, 3.63) is 71.3 Å². The molecule has 2 saturated heterocycles. The first-order chi connectivity index (χ1) is 19.7. The van der Waals surface area contributed by atoms with Gasteiger partial charge in [-0.3, -0.25) is 9.69 Å². The van der Waals surface area contributed by atoms with E-state index in [1.807, 2.05) is 56.0 Å². The van der Waals surface area contributed by atoms with Crippen molar-refractivity contribution in [3.8, 4) is 0 Å². The van der Waals surface area contributed by atoms with Crippen LogP contribution < -0.4 is 0 Å². The van der Waals surface area contributed by atoms with Gasteiger partial charge in [0, 0.05) is 45.2 Å². The van der Waals surface area contributed by atoms with Gasteiger partial charge in [-0.15, -0.1) is 0 Å². The number of alkyl halides is 3. The van der Waals surface area contributed by atoms with Gasteiger partial charge >= 0.3 is 12.3 Å². The van der Waals surface area contributed by atoms with Crippen molar-refractivity contribution < 1.29 is 27.5 Å². The Morgan fingerprint density at radius 2 is 1.48 bits per heavy atom. The lowest BCUT2D eigenvalue weighted by Gasteiger charge is -2.47. The van der Waals surface area contributed by atoms with E-state index in [1.165, 1.54) is 0 Å². The highest BCUT2D eigenvalue weighted by molar-refractivity contribution is 5.77. The number of amides is 2. The molecule has 42 heavy (non-hydrogen) atoms. The van der Waals surface area contributed by atoms with Gasteiger partial charge in [-0.1, -0.05) is 56.3 Å². The highest BCUT2D eigenvalue weighted by Crippen LogP contribution is 2.35. The first-order valence-electron chi connectivity index (χ1n) is 15.0. The number of nitrogens with zero attached hydrogens (tertiary/aromatic N) is 3. The van der Waals surface area contributed by atoms with Crippen LogP contribution in [0.15, 0.2) is 54.6 Å². The summed E-state index contributed by atoms with van der Waals surface area (Å²) in [7, 11) is 0. The fourth-order valence-corrected chi connectivity index (χ4v) is 6.06. The monoisotopic (exact) mass is 587 g/mol. The van der Waals surface area contributed by atoms with Gasteiger partial charge in [-0.25, -0.2) is 4.79 Å². The van der Waals surface area contributed by atoms with Crippen LogP contribution in [0, 0.1) is 11.8 Å². The predicted octanol–water partition coefficient (Wildman–Crippen LogP) is 7.00. The predicted molar refractivity (Wildman–Crippen MR) is 157 cm³/mol. The van der Waals surface area contributed by atoms with Crippen LogP contribution in [0.5, 0.6) is 0 Å². The Morgan fingerprint density at radius 1 is 0.881 bits per heavy atom. The number of ether oxygens (including phenoxy) is 1. The highest BCUT2D eigenvalue weighted by atomic mass is 19.4. The van der Waals surface area contributed by atoms with Crippen molar-refractivity contribution in [2.24, 2.45) is 11.8 Å². The molecule has 0 aliphatic carbocycles. The van der Waals surface area contributed by atoms with Crippen LogP contribution in [-0.2, 0) is 15.7 Å². The van der Waals surface area contributed by atoms with E-state index in [2.05, 4.69) is 18.7 Å². The van der Waals surface area contributed by atoms with Crippen molar-refractivity contribution in [1.29, 1.82) is 0 Å². The summed E-state index contributed by atoms with van der Waals surface area (Å²) < 4.78 is 45.3. The molecule has 1 unspecified atom stereocenters. The Kier molecular flexibility index (Phi) is 9.91. The molecule has 6 nitrogen and oxygen atoms in total. The second-order valence-electron chi connectivity index (χ2n) is 12.9. The molecule has 230 valence electrons. The van der Waals surface area contributed by atoms with Gasteiger partial charge in [0.15, 0.2) is 0 Å². The number of hydrogen-bond acceptors (Lipinski definition) is 4. The van der Waals surface area contributed by atoms with Crippen LogP contribution in [0.3, 0.4) is 0 Å². The lowest BCUT2D eigenvalue weighted by molar-refractivity contribution is -0.139. The van der Waals surface area contributed by atoms with Crippen LogP contribution in [0.1, 0.15) is 76.6 Å². The summed E-state index contributed by atoms with van der Waals surface area (Å²) in [6.45, 7) is 12.8. The molecule has 4 rings (SSSR count). The van der Waals surface area contributed by atoms with E-state index in [0.717, 1.165) is 36.1 Å². The third kappa shape index (κ3) is 8.06. The molecule has 2 aliphatic rings. The number of carbonyl (C=O) groups excluding carboxylic acids is 2. The van der Waals surface area contributed by atoms with Crippen LogP contribution in [0.4, 0.5) is 18.0 Å². The van der Waals surface area contributed by atoms with Gasteiger partial charge < -0.3 is 14.5 Å². The zero-order valence-electron chi connectivity index (χ0n) is 25.4. The van der Waals surface area contributed by atoms with Crippen molar-refractivity contribution in [2.75, 3.05) is 32.7 Å². The molecule has 0 radical (unpaired) electrons. The molecular weight excluding hydrogens is 543 g/mol. The van der Waals surface area contributed by atoms with Gasteiger partial charge in [0.1, 0.15) is 5.60 Å². The molecule has 0 bridgehead atoms. The van der Waals surface area contributed by atoms with Crippen LogP contribution in [0.25, 0.3) is 0 Å². The Bertz CT molecular complexity index is 1190. The maximum absolute atomic E-state index is 13.6. The molecule has 2 fully saturated rings. The molecule has 2 aromatic carbocycles. The zero-order valence-corrected chi connectivity index (χ0v) is 25.4. The SMILES string of the molecule is CC(C)[C@H]1CN(C(c2ccccc2)c2ccc(C(F)(F)F)cc2)CCN1C(=O)CC1CCN(C(=O)OC(C)(C)C)CC1. The van der Waals surface area contributed by atoms with Crippen LogP contribution in [-0.4, -0.2) is 71.1 Å². The average Bonchev–Trinajstić information content (AvgIpc) is 2.93. The van der Waals surface area contributed by atoms with E-state index in [-0.39, 0.29) is 35.9 Å². The van der Waals surface area contributed by atoms with Gasteiger partial charge in [0.25, 0.3) is 0 Å². The summed E-state index contributed by atoms with van der Waals surface area (Å²) in [5.41, 5.74) is 0.610. The number of rotatable bonds is 6. The summed E-state index contributed by atoms with van der Waals surface area (Å²) >= 11 is 0. The van der Waals surface area contributed by atoms with Crippen molar-refractivity contribution in [1.82, 2.24) is 14.7 Å². The maximum Gasteiger partial charge on any atom is 0.416 e. The molecule has 0 saturated carbocycles. The van der Waals surface area contributed by atoms with E-state index < -0.39 is 17.3 Å². The molecule has 0 aromatic heterocycles. The van der Waals surface area contributed by atoms with E-state index in [9.17, 15) is 22.8 Å². The Hall–Kier alpha value is -3.07. The van der Waals surface area contributed by atoms with E-state index in [1.54, 1.807) is 17.0 Å². The summed E-state index contributed by atoms with van der Waals surface area (Å²) in [6, 6.07) is 15.1. The minimum absolute atomic E-state index is 0.0197. The third-order valence-corrected chi connectivity index (χ3v) is 8.30. The minimum Gasteiger partial charge on any atom is -0.444 e. The second kappa shape index (κ2) is 13.1. The van der Waals surface area contributed by atoms with E-state index >= 15 is 0 Å². The number of carbonyl (C=O) groups is 2. The highest BCUT2D eigenvalue weighted by Gasteiger charge is 2.38. The number of piperazine rings is 1. The summed E-state index contributed by atoms with van der Waals surface area (Å²) in [6.07, 6.45) is -2.71. The number of likely N-dealkylation sites (tertiary alicyclic amines) is 1. The lowest BCUT2D eigenvalue weighted by atomic mass is 9.90. The number of halogens is 3. The fourth-order valence-electron chi connectivity index (χ4n) is 6.06. The molecule has 2 heterocycles. The molecule has 2 aromatic rings. The first-order valence-corrected chi connectivity index (χ1v) is 15.0. The van der Waals surface area contributed by atoms with Gasteiger partial charge in [-0.05, 0) is 68.7 Å². The number of hydrogen-bond donors (Lipinski definition) is 0. The van der Waals surface area contributed by atoms with Crippen LogP contribution >= 0.6 is 0 Å². The zero-order chi connectivity index (χ0) is 30.7. The number of piperidine rings is 1. The van der Waals surface area contributed by atoms with E-state index in [4.69, 9.17) is 4.74 Å². The van der Waals surface area contributed by atoms with Gasteiger partial charge in [-0.2, -0.15) is 13.2 Å². The summed E-state index contributed by atoms with van der Waals surface area (Å²) in [4.78, 5) is 32.1. The van der Waals surface area contributed by atoms with Crippen molar-refractivity contribution in [2.45, 2.75) is 77.7 Å². The quantitative estimate of drug-likeness (QED) is 0.365. The topological polar surface area (TPSA) is 53.1 Å². The summed E-state index contributed by atoms with van der Waals surface area (Å²) in [5, 5.41) is 0. The standard InChI is InChI=1S/C33H44F3N3O3/c1-23(2)28-22-38(30(25-9-7-6-8-10-25)26-11-13-27(14-12-26)33(34,35)36)19-20-39(28)29(40)21-24-15-17-37(18-16-24)31(41)42-32(3,4)5/h6-14,23-24,28,30H,15-22H2,1-5H3/t28-,30?/m1/s1. The Balaban J connectivity index is 1.44. The van der Waals surface area contributed by atoms with Crippen molar-refractivity contribution in [3.63, 3.8) is 0 Å². The Labute approximate surface area is 247 Å². The smallest absolute Gasteiger partial charge is 0.416 e. The van der Waals surface area contributed by atoms with Crippen molar-refractivity contribution >= 4 is 12.0 Å². The molecule has 2 atom stereocenters. The molecule has 2 amide bonds. The first kappa shape index (κ1) is 31.9. The van der Waals surface area contributed by atoms with E-state index in [0.29, 0.717) is 39.1 Å². The minimum atomic E-state index is -4.39. The largest absolute Gasteiger partial charge is 0.444 e. The molecule has 2 aliphatic heterocycles. The average molecular weight is 588 g/mol. The normalized spacial score (nSPS) is 20.1. The Morgan fingerprint density at radius 3 is 2.02 bits per heavy atom. The number of benzene rings is 2. The maximum atomic E-state index is 13.6. The third-order valence-electron chi connectivity index (χ3n) is 8.30. The summed E-state index contributed by atoms with van der Waals surface area (Å²) in [5.74, 6) is 0.552. The van der Waals surface area contributed by atoms with Gasteiger partial charge in [0.2, 0.25) is 5.91 Å². The fraction of sp³-hybridized carbons (Fsp3) is 0.576. The molecular formula is C33H44F3N3O3. The molecule has 9 heteroatoms. The second-order valence-corrected chi connectivity index (χ2v) is 12.9. The molecule has 0 spiro atoms. The van der Waals surface area contributed by atoms with Crippen LogP contribution in [0.2, 0.25) is 0 Å². The molecule has 0 N–H and O–H groups in total. The lowest BCUT2D eigenvalue weighted by Crippen LogP contribution is -2.58. The van der Waals surface area contributed by atoms with Gasteiger partial charge in [0.05, 0.1) is 11.6 Å².